The highest BCUT2D eigenvalue weighted by Gasteiger charge is 2.16. The zero-order chi connectivity index (χ0) is 31.6. The molecule has 7 nitrogen and oxygen atoms in total. The molecule has 0 saturated carbocycles. The van der Waals surface area contributed by atoms with E-state index < -0.39 is 0 Å². The van der Waals surface area contributed by atoms with Crippen LogP contribution < -0.4 is 0 Å². The van der Waals surface area contributed by atoms with Gasteiger partial charge in [0.2, 0.25) is 0 Å². The molecule has 7 rings (SSSR count). The first-order chi connectivity index (χ1) is 22.4. The van der Waals surface area contributed by atoms with Gasteiger partial charge in [-0.15, -0.1) is 0 Å². The summed E-state index contributed by atoms with van der Waals surface area (Å²) in [5, 5.41) is 0. The Morgan fingerprint density at radius 3 is 1.00 bits per heavy atom. The van der Waals surface area contributed by atoms with Crippen molar-refractivity contribution in [3.05, 3.63) is 138 Å². The Labute approximate surface area is 268 Å². The van der Waals surface area contributed by atoms with Crippen molar-refractivity contribution in [1.29, 1.82) is 0 Å². The maximum atomic E-state index is 4.99. The fourth-order valence-corrected chi connectivity index (χ4v) is 5.51. The molecule has 0 aliphatic rings. The molecule has 3 heterocycles. The van der Waals surface area contributed by atoms with Gasteiger partial charge in [0.05, 0.1) is 0 Å². The van der Waals surface area contributed by atoms with Gasteiger partial charge in [0, 0.05) is 50.6 Å². The molecule has 0 fully saturated rings. The van der Waals surface area contributed by atoms with Crippen molar-refractivity contribution in [1.82, 2.24) is 34.9 Å². The summed E-state index contributed by atoms with van der Waals surface area (Å²) in [5.41, 5.74) is 10.2. The van der Waals surface area contributed by atoms with Crippen LogP contribution in [0, 0.1) is 27.7 Å². The molecule has 3 aromatic heterocycles. The third-order valence-corrected chi connectivity index (χ3v) is 7.59. The minimum absolute atomic E-state index is 0.570. The largest absolute Gasteiger partial charge is 0.233 e. The lowest BCUT2D eigenvalue weighted by Crippen LogP contribution is -2.01. The Balaban J connectivity index is 1.41. The van der Waals surface area contributed by atoms with Crippen molar-refractivity contribution in [2.45, 2.75) is 27.7 Å². The van der Waals surface area contributed by atoms with Gasteiger partial charge in [0.25, 0.3) is 0 Å². The van der Waals surface area contributed by atoms with E-state index in [9.17, 15) is 0 Å². The van der Waals surface area contributed by atoms with Crippen LogP contribution in [0.25, 0.3) is 68.1 Å². The first-order valence-corrected chi connectivity index (χ1v) is 15.2. The van der Waals surface area contributed by atoms with Crippen LogP contribution in [-0.4, -0.2) is 34.9 Å². The summed E-state index contributed by atoms with van der Waals surface area (Å²) in [6.45, 7) is 7.95. The lowest BCUT2D eigenvalue weighted by Gasteiger charge is -2.13. The summed E-state index contributed by atoms with van der Waals surface area (Å²) in [7, 11) is 0. The summed E-state index contributed by atoms with van der Waals surface area (Å²) in [5.74, 6) is 3.16. The van der Waals surface area contributed by atoms with Crippen LogP contribution in [0.15, 0.2) is 115 Å². The first kappa shape index (κ1) is 28.8. The van der Waals surface area contributed by atoms with Crippen LogP contribution in [-0.2, 0) is 0 Å². The highest BCUT2D eigenvalue weighted by molar-refractivity contribution is 5.79. The van der Waals surface area contributed by atoms with Crippen LogP contribution in [0.3, 0.4) is 0 Å². The van der Waals surface area contributed by atoms with Crippen molar-refractivity contribution < 1.29 is 0 Å². The zero-order valence-corrected chi connectivity index (χ0v) is 26.1. The van der Waals surface area contributed by atoms with Gasteiger partial charge in [0.15, 0.2) is 29.1 Å². The van der Waals surface area contributed by atoms with E-state index in [1.807, 2.05) is 100 Å². The Morgan fingerprint density at radius 2 is 0.565 bits per heavy atom. The molecule has 0 aliphatic heterocycles. The lowest BCUT2D eigenvalue weighted by atomic mass is 9.97. The Kier molecular flexibility index (Phi) is 7.64. The molecular weight excluding hydrogens is 566 g/mol. The van der Waals surface area contributed by atoms with Crippen LogP contribution in [0.5, 0.6) is 0 Å². The molecule has 0 atom stereocenters. The predicted molar refractivity (Wildman–Crippen MR) is 183 cm³/mol. The number of hydrogen-bond donors (Lipinski definition) is 0. The monoisotopic (exact) mass is 597 g/mol. The van der Waals surface area contributed by atoms with Gasteiger partial charge in [-0.3, -0.25) is 0 Å². The van der Waals surface area contributed by atoms with Gasteiger partial charge < -0.3 is 0 Å². The van der Waals surface area contributed by atoms with E-state index in [-0.39, 0.29) is 0 Å². The van der Waals surface area contributed by atoms with Gasteiger partial charge in [0.1, 0.15) is 0 Å². The van der Waals surface area contributed by atoms with Crippen molar-refractivity contribution >= 4 is 0 Å². The second-order valence-corrected chi connectivity index (χ2v) is 11.4. The number of rotatable bonds is 6. The normalized spacial score (nSPS) is 11.0. The minimum Gasteiger partial charge on any atom is -0.233 e. The van der Waals surface area contributed by atoms with E-state index in [1.165, 1.54) is 0 Å². The van der Waals surface area contributed by atoms with Gasteiger partial charge in [-0.1, -0.05) is 84.9 Å². The maximum absolute atomic E-state index is 4.99. The summed E-state index contributed by atoms with van der Waals surface area (Å²) >= 11 is 0. The molecule has 222 valence electrons. The van der Waals surface area contributed by atoms with Crippen molar-refractivity contribution in [3.63, 3.8) is 0 Å². The highest BCUT2D eigenvalue weighted by atomic mass is 15.0. The summed E-state index contributed by atoms with van der Waals surface area (Å²) in [6, 6.07) is 38.6. The summed E-state index contributed by atoms with van der Waals surface area (Å²) in [4.78, 5) is 33.7. The molecule has 0 aliphatic carbocycles. The van der Waals surface area contributed by atoms with Crippen LogP contribution in [0.2, 0.25) is 0 Å². The van der Waals surface area contributed by atoms with Gasteiger partial charge in [-0.05, 0) is 69.2 Å². The molecule has 4 aromatic carbocycles. The molecule has 0 radical (unpaired) electrons. The van der Waals surface area contributed by atoms with Crippen molar-refractivity contribution in [2.24, 2.45) is 0 Å². The standard InChI is InChI=1S/C39H31N7/c1-24-19-25(2)41-35(40-24)31-17-15-28(16-18-31)32-21-33(38-42-26(3)20-27(4)43-38)23-34(22-32)39-45-36(29-11-7-5-8-12-29)44-37(46-39)30-13-9-6-10-14-30/h5-23H,1-4H3. The molecule has 0 amide bonds. The number of aryl methyl sites for hydroxylation is 4. The van der Waals surface area contributed by atoms with Gasteiger partial charge in [-0.2, -0.15) is 0 Å². The quantitative estimate of drug-likeness (QED) is 0.189. The number of hydrogen-bond acceptors (Lipinski definition) is 7. The van der Waals surface area contributed by atoms with Crippen molar-refractivity contribution in [2.75, 3.05) is 0 Å². The Hall–Kier alpha value is -5.95. The summed E-state index contributed by atoms with van der Waals surface area (Å²) < 4.78 is 0. The topological polar surface area (TPSA) is 90.2 Å². The van der Waals surface area contributed by atoms with Gasteiger partial charge >= 0.3 is 0 Å². The molecule has 7 heteroatoms. The first-order valence-electron chi connectivity index (χ1n) is 15.2. The van der Waals surface area contributed by atoms with Gasteiger partial charge in [-0.25, -0.2) is 34.9 Å². The zero-order valence-electron chi connectivity index (χ0n) is 26.1. The van der Waals surface area contributed by atoms with E-state index in [0.717, 1.165) is 61.7 Å². The molecule has 0 N–H and O–H groups in total. The molecule has 46 heavy (non-hydrogen) atoms. The maximum Gasteiger partial charge on any atom is 0.164 e. The van der Waals surface area contributed by atoms with Crippen LogP contribution >= 0.6 is 0 Å². The summed E-state index contributed by atoms with van der Waals surface area (Å²) in [6.07, 6.45) is 0. The second kappa shape index (κ2) is 12.2. The average Bonchev–Trinajstić information content (AvgIpc) is 3.08. The number of aromatic nitrogens is 7. The van der Waals surface area contributed by atoms with Crippen molar-refractivity contribution in [3.8, 4) is 68.1 Å². The molecule has 0 unspecified atom stereocenters. The molecular formula is C39H31N7. The third-order valence-electron chi connectivity index (χ3n) is 7.59. The van der Waals surface area contributed by atoms with E-state index in [1.54, 1.807) is 0 Å². The minimum atomic E-state index is 0.570. The van der Waals surface area contributed by atoms with Crippen LogP contribution in [0.4, 0.5) is 0 Å². The number of benzene rings is 4. The van der Waals surface area contributed by atoms with E-state index >= 15 is 0 Å². The molecule has 0 saturated heterocycles. The Bertz CT molecular complexity index is 2080. The number of nitrogens with zero attached hydrogens (tertiary/aromatic N) is 7. The average molecular weight is 598 g/mol. The third kappa shape index (κ3) is 6.16. The smallest absolute Gasteiger partial charge is 0.164 e. The van der Waals surface area contributed by atoms with E-state index in [4.69, 9.17) is 24.9 Å². The second-order valence-electron chi connectivity index (χ2n) is 11.4. The Morgan fingerprint density at radius 1 is 0.261 bits per heavy atom. The van der Waals surface area contributed by atoms with E-state index in [0.29, 0.717) is 29.1 Å². The van der Waals surface area contributed by atoms with Crippen LogP contribution in [0.1, 0.15) is 22.8 Å². The fraction of sp³-hybridized carbons (Fsp3) is 0.103. The van der Waals surface area contributed by atoms with E-state index in [2.05, 4.69) is 52.4 Å². The molecule has 0 bridgehead atoms. The predicted octanol–water partition coefficient (Wildman–Crippen LogP) is 8.69. The fourth-order valence-electron chi connectivity index (χ4n) is 5.51. The molecule has 0 spiro atoms. The highest BCUT2D eigenvalue weighted by Crippen LogP contribution is 2.33. The molecule has 7 aromatic rings. The lowest BCUT2D eigenvalue weighted by molar-refractivity contribution is 1.06. The SMILES string of the molecule is Cc1cc(C)nc(-c2ccc(-c3cc(-c4nc(C)cc(C)n4)cc(-c4nc(-c5ccccc5)nc(-c5ccccc5)n4)c3)cc2)n1.